The number of hydrogen-bond donors (Lipinski definition) is 0. The number of furan rings is 1. The van der Waals surface area contributed by atoms with E-state index in [0.717, 1.165) is 44.5 Å². The summed E-state index contributed by atoms with van der Waals surface area (Å²) in [6.07, 6.45) is 0. The molecule has 10 aromatic rings. The number of fused-ring (bicyclic) bond motifs is 5. The summed E-state index contributed by atoms with van der Waals surface area (Å²) in [7, 11) is 0. The number of nitrogens with zero attached hydrogens (tertiary/aromatic N) is 3. The molecular formula is C45H27N3OS. The molecule has 0 radical (unpaired) electrons. The van der Waals surface area contributed by atoms with Gasteiger partial charge >= 0.3 is 0 Å². The first-order chi connectivity index (χ1) is 24.7. The molecule has 0 unspecified atom stereocenters. The molecule has 5 heteroatoms. The van der Waals surface area contributed by atoms with Crippen LogP contribution in [0.5, 0.6) is 0 Å². The molecule has 0 aliphatic heterocycles. The molecule has 50 heavy (non-hydrogen) atoms. The summed E-state index contributed by atoms with van der Waals surface area (Å²) < 4.78 is 8.56. The van der Waals surface area contributed by atoms with E-state index in [1.807, 2.05) is 18.2 Å². The Morgan fingerprint density at radius 2 is 0.960 bits per heavy atom. The van der Waals surface area contributed by atoms with Crippen LogP contribution in [-0.2, 0) is 0 Å². The van der Waals surface area contributed by atoms with Crippen LogP contribution in [0, 0.1) is 0 Å². The fraction of sp³-hybridized carbons (Fsp3) is 0. The quantitative estimate of drug-likeness (QED) is 0.185. The van der Waals surface area contributed by atoms with Crippen LogP contribution in [0.2, 0.25) is 0 Å². The van der Waals surface area contributed by atoms with E-state index in [4.69, 9.17) is 19.4 Å². The molecule has 0 fully saturated rings. The SMILES string of the molecule is c1ccc2oc(-c3ccc(-c4nc(-c5ccc(-c6cccc7ccccc67)cc5)nc(-c5cccc6c5sc5ccccc56)n4)cc3)cc2c1. The van der Waals surface area contributed by atoms with Crippen molar-refractivity contribution in [3.63, 3.8) is 0 Å². The maximum absolute atomic E-state index is 6.14. The molecule has 0 aliphatic rings. The first-order valence-electron chi connectivity index (χ1n) is 16.6. The van der Waals surface area contributed by atoms with Gasteiger partial charge in [0.25, 0.3) is 0 Å². The van der Waals surface area contributed by atoms with Crippen LogP contribution in [0.3, 0.4) is 0 Å². The summed E-state index contributed by atoms with van der Waals surface area (Å²) in [4.78, 5) is 15.3. The van der Waals surface area contributed by atoms with Crippen molar-refractivity contribution in [1.29, 1.82) is 0 Å². The van der Waals surface area contributed by atoms with Crippen LogP contribution >= 0.6 is 11.3 Å². The smallest absolute Gasteiger partial charge is 0.165 e. The van der Waals surface area contributed by atoms with Crippen molar-refractivity contribution in [1.82, 2.24) is 15.0 Å². The van der Waals surface area contributed by atoms with Crippen molar-refractivity contribution < 1.29 is 4.42 Å². The van der Waals surface area contributed by atoms with Crippen molar-refractivity contribution in [2.24, 2.45) is 0 Å². The largest absolute Gasteiger partial charge is 0.456 e. The van der Waals surface area contributed by atoms with Gasteiger partial charge in [-0.1, -0.05) is 140 Å². The second-order valence-electron chi connectivity index (χ2n) is 12.4. The van der Waals surface area contributed by atoms with Crippen LogP contribution in [0.4, 0.5) is 0 Å². The number of thiophene rings is 1. The van der Waals surface area contributed by atoms with Crippen molar-refractivity contribution in [2.45, 2.75) is 0 Å². The molecule has 0 N–H and O–H groups in total. The van der Waals surface area contributed by atoms with E-state index in [2.05, 4.69) is 146 Å². The normalized spacial score (nSPS) is 11.6. The van der Waals surface area contributed by atoms with Gasteiger partial charge in [-0.3, -0.25) is 0 Å². The van der Waals surface area contributed by atoms with Crippen molar-refractivity contribution >= 4 is 53.3 Å². The summed E-state index contributed by atoms with van der Waals surface area (Å²) in [6.45, 7) is 0. The van der Waals surface area contributed by atoms with Crippen molar-refractivity contribution in [3.05, 3.63) is 164 Å². The lowest BCUT2D eigenvalue weighted by Gasteiger charge is -2.11. The zero-order valence-corrected chi connectivity index (χ0v) is 27.6. The number of aromatic nitrogens is 3. The van der Waals surface area contributed by atoms with E-state index in [-0.39, 0.29) is 0 Å². The Labute approximate surface area is 292 Å². The number of hydrogen-bond acceptors (Lipinski definition) is 5. The zero-order valence-electron chi connectivity index (χ0n) is 26.7. The van der Waals surface area contributed by atoms with Gasteiger partial charge < -0.3 is 4.42 Å². The monoisotopic (exact) mass is 657 g/mol. The summed E-state index contributed by atoms with van der Waals surface area (Å²) in [6, 6.07) is 56.9. The van der Waals surface area contributed by atoms with Gasteiger partial charge in [-0.2, -0.15) is 0 Å². The number of para-hydroxylation sites is 1. The first-order valence-corrected chi connectivity index (χ1v) is 17.4. The fourth-order valence-corrected chi connectivity index (χ4v) is 8.07. The van der Waals surface area contributed by atoms with Crippen LogP contribution in [-0.4, -0.2) is 15.0 Å². The Kier molecular flexibility index (Phi) is 6.64. The third-order valence-corrected chi connectivity index (χ3v) is 10.6. The molecular weight excluding hydrogens is 631 g/mol. The van der Waals surface area contributed by atoms with Crippen LogP contribution in [0.15, 0.2) is 168 Å². The van der Waals surface area contributed by atoms with Crippen molar-refractivity contribution in [3.8, 4) is 56.6 Å². The summed E-state index contributed by atoms with van der Waals surface area (Å²) in [5.74, 6) is 2.74. The molecule has 0 saturated heterocycles. The maximum atomic E-state index is 6.14. The van der Waals surface area contributed by atoms with E-state index in [9.17, 15) is 0 Å². The molecule has 4 nitrogen and oxygen atoms in total. The second-order valence-corrected chi connectivity index (χ2v) is 13.5. The van der Waals surface area contributed by atoms with Gasteiger partial charge in [0, 0.05) is 47.8 Å². The van der Waals surface area contributed by atoms with Gasteiger partial charge in [-0.25, -0.2) is 15.0 Å². The van der Waals surface area contributed by atoms with Gasteiger partial charge in [0.15, 0.2) is 17.5 Å². The molecule has 0 amide bonds. The third-order valence-electron chi connectivity index (χ3n) is 9.38. The zero-order chi connectivity index (χ0) is 33.0. The molecule has 0 spiro atoms. The van der Waals surface area contributed by atoms with E-state index in [1.54, 1.807) is 11.3 Å². The summed E-state index contributed by atoms with van der Waals surface area (Å²) in [5, 5.41) is 5.99. The second kappa shape index (κ2) is 11.6. The average molecular weight is 658 g/mol. The molecule has 3 aromatic heterocycles. The van der Waals surface area contributed by atoms with Gasteiger partial charge in [-0.15, -0.1) is 11.3 Å². The lowest BCUT2D eigenvalue weighted by molar-refractivity contribution is 0.631. The van der Waals surface area contributed by atoms with Crippen LogP contribution in [0.25, 0.3) is 98.5 Å². The van der Waals surface area contributed by atoms with Gasteiger partial charge in [-0.05, 0) is 46.2 Å². The van der Waals surface area contributed by atoms with E-state index in [0.29, 0.717) is 17.5 Å². The molecule has 234 valence electrons. The predicted molar refractivity (Wildman–Crippen MR) is 207 cm³/mol. The average Bonchev–Trinajstić information content (AvgIpc) is 3.80. The highest BCUT2D eigenvalue weighted by Crippen LogP contribution is 2.40. The minimum atomic E-state index is 0.623. The van der Waals surface area contributed by atoms with Gasteiger partial charge in [0.05, 0.1) is 0 Å². The standard InChI is InChI=1S/C45H27N3OS/c1-3-12-34-28(9-1)11-7-14-35(34)29-19-23-31(24-20-29)43-46-44(32-25-21-30(22-26-32)40-27-33-10-2-5-17-39(33)49-40)48-45(47-43)38-16-8-15-37-36-13-4-6-18-41(36)50-42(37)38/h1-27H. The lowest BCUT2D eigenvalue weighted by Crippen LogP contribution is -2.00. The topological polar surface area (TPSA) is 51.8 Å². The molecule has 7 aromatic carbocycles. The third kappa shape index (κ3) is 4.87. The fourth-order valence-electron chi connectivity index (χ4n) is 6.86. The maximum Gasteiger partial charge on any atom is 0.165 e. The van der Waals surface area contributed by atoms with E-state index >= 15 is 0 Å². The van der Waals surface area contributed by atoms with Gasteiger partial charge in [0.2, 0.25) is 0 Å². The molecule has 10 rings (SSSR count). The molecule has 0 bridgehead atoms. The van der Waals surface area contributed by atoms with Crippen molar-refractivity contribution in [2.75, 3.05) is 0 Å². The lowest BCUT2D eigenvalue weighted by atomic mass is 9.97. The molecule has 3 heterocycles. The highest BCUT2D eigenvalue weighted by Gasteiger charge is 2.17. The Bertz CT molecular complexity index is 2830. The van der Waals surface area contributed by atoms with Crippen LogP contribution in [0.1, 0.15) is 0 Å². The van der Waals surface area contributed by atoms with E-state index in [1.165, 1.54) is 36.5 Å². The molecule has 0 atom stereocenters. The highest BCUT2D eigenvalue weighted by molar-refractivity contribution is 7.26. The first kappa shape index (κ1) is 28.6. The molecule has 0 saturated carbocycles. The number of benzene rings is 7. The summed E-state index contributed by atoms with van der Waals surface area (Å²) >= 11 is 1.78. The number of rotatable bonds is 5. The van der Waals surface area contributed by atoms with Gasteiger partial charge in [0.1, 0.15) is 11.3 Å². The summed E-state index contributed by atoms with van der Waals surface area (Å²) in [5.41, 5.74) is 7.06. The Hall–Kier alpha value is -6.43. The minimum absolute atomic E-state index is 0.623. The van der Waals surface area contributed by atoms with E-state index < -0.39 is 0 Å². The Morgan fingerprint density at radius 3 is 1.74 bits per heavy atom. The van der Waals surface area contributed by atoms with Crippen LogP contribution < -0.4 is 0 Å². The highest BCUT2D eigenvalue weighted by atomic mass is 32.1. The molecule has 0 aliphatic carbocycles. The minimum Gasteiger partial charge on any atom is -0.456 e. The Balaban J connectivity index is 1.10. The Morgan fingerprint density at radius 1 is 0.400 bits per heavy atom. The predicted octanol–water partition coefficient (Wildman–Crippen LogP) is 12.5.